The predicted octanol–water partition coefficient (Wildman–Crippen LogP) is 16.8. The lowest BCUT2D eigenvalue weighted by Crippen LogP contribution is -2.13. The average molecular weight is 792 g/mol. The molecule has 280 valence electrons. The monoisotopic (exact) mass is 791 g/mol. The predicted molar refractivity (Wildman–Crippen MR) is 256 cm³/mol. The van der Waals surface area contributed by atoms with Gasteiger partial charge < -0.3 is 14.7 Å². The molecule has 0 bridgehead atoms. The highest BCUT2D eigenvalue weighted by Gasteiger charge is 2.23. The maximum atomic E-state index is 2.46. The topological polar surface area (TPSA) is 9.72 Å². The van der Waals surface area contributed by atoms with Crippen LogP contribution in [-0.2, 0) is 0 Å². The third kappa shape index (κ3) is 6.38. The Morgan fingerprint density at radius 3 is 1.24 bits per heavy atom. The summed E-state index contributed by atoms with van der Waals surface area (Å²) < 4.78 is 5.04. The van der Waals surface area contributed by atoms with E-state index in [0.717, 1.165) is 51.2 Å². The number of fused-ring (bicyclic) bond motifs is 6. The number of benzene rings is 9. The first kappa shape index (κ1) is 35.0. The van der Waals surface area contributed by atoms with Crippen molar-refractivity contribution in [3.05, 3.63) is 224 Å². The zero-order valence-corrected chi connectivity index (χ0v) is 33.7. The molecule has 11 aromatic rings. The van der Waals surface area contributed by atoms with Gasteiger partial charge in [0.05, 0.1) is 10.4 Å². The van der Waals surface area contributed by atoms with Gasteiger partial charge in [0.15, 0.2) is 0 Å². The van der Waals surface area contributed by atoms with Gasteiger partial charge in [0.1, 0.15) is 0 Å². The van der Waals surface area contributed by atoms with Gasteiger partial charge in [0.25, 0.3) is 0 Å². The summed E-state index contributed by atoms with van der Waals surface area (Å²) in [6, 6.07) is 81.0. The normalized spacial score (nSPS) is 11.4. The number of hydrogen-bond acceptors (Lipinski definition) is 5. The second-order valence-electron chi connectivity index (χ2n) is 14.6. The molecule has 3 nitrogen and oxygen atoms in total. The van der Waals surface area contributed by atoms with Crippen LogP contribution in [0.1, 0.15) is 0 Å². The lowest BCUT2D eigenvalue weighted by Gasteiger charge is -2.30. The van der Waals surface area contributed by atoms with Gasteiger partial charge in [-0.15, -0.1) is 22.7 Å². The third-order valence-electron chi connectivity index (χ3n) is 11.0. The highest BCUT2D eigenvalue weighted by Crippen LogP contribution is 2.50. The summed E-state index contributed by atoms with van der Waals surface area (Å²) in [7, 11) is 0. The van der Waals surface area contributed by atoms with Crippen LogP contribution < -0.4 is 14.7 Å². The molecule has 0 N–H and O–H groups in total. The highest BCUT2D eigenvalue weighted by molar-refractivity contribution is 7.26. The Morgan fingerprint density at radius 1 is 0.237 bits per heavy atom. The number of para-hydroxylation sites is 5. The van der Waals surface area contributed by atoms with E-state index in [1.54, 1.807) is 0 Å². The minimum Gasteiger partial charge on any atom is -0.310 e. The first-order valence-corrected chi connectivity index (χ1v) is 21.5. The molecule has 11 rings (SSSR count). The molecule has 2 heterocycles. The number of hydrogen-bond donors (Lipinski definition) is 0. The van der Waals surface area contributed by atoms with Crippen molar-refractivity contribution < 1.29 is 0 Å². The maximum absolute atomic E-state index is 2.46. The van der Waals surface area contributed by atoms with E-state index in [0.29, 0.717) is 0 Å². The Bertz CT molecular complexity index is 3140. The zero-order chi connectivity index (χ0) is 39.1. The van der Waals surface area contributed by atoms with Gasteiger partial charge in [0, 0.05) is 81.1 Å². The minimum absolute atomic E-state index is 1.10. The van der Waals surface area contributed by atoms with E-state index in [9.17, 15) is 0 Å². The fraction of sp³-hybridized carbons (Fsp3) is 0. The molecular formula is C54H37N3S2. The smallest absolute Gasteiger partial charge is 0.0661 e. The van der Waals surface area contributed by atoms with Gasteiger partial charge in [-0.25, -0.2) is 0 Å². The Labute approximate surface area is 351 Å². The maximum Gasteiger partial charge on any atom is 0.0661 e. The van der Waals surface area contributed by atoms with Crippen molar-refractivity contribution in [2.24, 2.45) is 0 Å². The van der Waals surface area contributed by atoms with Gasteiger partial charge in [-0.05, 0) is 109 Å². The van der Waals surface area contributed by atoms with Crippen LogP contribution in [0, 0.1) is 0 Å². The number of anilines is 9. The molecule has 5 heteroatoms. The van der Waals surface area contributed by atoms with Crippen molar-refractivity contribution in [2.45, 2.75) is 0 Å². The summed E-state index contributed by atoms with van der Waals surface area (Å²) in [4.78, 5) is 7.17. The number of rotatable bonds is 9. The Morgan fingerprint density at radius 2 is 0.661 bits per heavy atom. The molecule has 0 saturated heterocycles. The Balaban J connectivity index is 1.11. The summed E-state index contributed by atoms with van der Waals surface area (Å²) >= 11 is 3.72. The van der Waals surface area contributed by atoms with Gasteiger partial charge in [0.2, 0.25) is 0 Å². The standard InChI is InChI=1S/C54H37N3S2/c1-6-18-38(19-7-1)55(39-20-8-2-9-21-39)43-31-33-52-48(34-43)47-32-30-44(37-53(47)58-52)57(42-26-14-5-15-27-42)50-36-45(35-49-46-28-16-17-29-51(46)59-54(49)50)56(40-22-10-3-11-23-40)41-24-12-4-13-25-41/h1-37H. The van der Waals surface area contributed by atoms with Crippen molar-refractivity contribution in [2.75, 3.05) is 14.7 Å². The Hall–Kier alpha value is -7.18. The molecule has 0 atom stereocenters. The lowest BCUT2D eigenvalue weighted by molar-refractivity contribution is 1.27. The quantitative estimate of drug-likeness (QED) is 0.144. The fourth-order valence-electron chi connectivity index (χ4n) is 8.33. The molecule has 0 radical (unpaired) electrons. The van der Waals surface area contributed by atoms with Crippen molar-refractivity contribution in [3.63, 3.8) is 0 Å². The fourth-order valence-corrected chi connectivity index (χ4v) is 10.6. The van der Waals surface area contributed by atoms with Gasteiger partial charge in [-0.2, -0.15) is 0 Å². The van der Waals surface area contributed by atoms with Crippen LogP contribution in [0.25, 0.3) is 40.3 Å². The van der Waals surface area contributed by atoms with E-state index in [-0.39, 0.29) is 0 Å². The zero-order valence-electron chi connectivity index (χ0n) is 32.0. The number of nitrogens with zero attached hydrogens (tertiary/aromatic N) is 3. The molecule has 0 aliphatic heterocycles. The first-order valence-electron chi connectivity index (χ1n) is 19.8. The van der Waals surface area contributed by atoms with Crippen molar-refractivity contribution in [1.82, 2.24) is 0 Å². The largest absolute Gasteiger partial charge is 0.310 e. The second-order valence-corrected chi connectivity index (χ2v) is 16.7. The van der Waals surface area contributed by atoms with E-state index in [2.05, 4.69) is 239 Å². The average Bonchev–Trinajstić information content (AvgIpc) is 3.86. The first-order chi connectivity index (χ1) is 29.3. The minimum atomic E-state index is 1.10. The summed E-state index contributed by atoms with van der Waals surface area (Å²) in [6.45, 7) is 0. The molecule has 0 amide bonds. The number of thiophene rings is 2. The van der Waals surface area contributed by atoms with Crippen LogP contribution in [-0.4, -0.2) is 0 Å². The van der Waals surface area contributed by atoms with Crippen molar-refractivity contribution >= 4 is 114 Å². The molecule has 0 aliphatic carbocycles. The van der Waals surface area contributed by atoms with Crippen LogP contribution in [0.3, 0.4) is 0 Å². The van der Waals surface area contributed by atoms with Crippen LogP contribution >= 0.6 is 22.7 Å². The van der Waals surface area contributed by atoms with E-state index in [1.165, 1.54) is 40.3 Å². The van der Waals surface area contributed by atoms with Crippen LogP contribution in [0.2, 0.25) is 0 Å². The van der Waals surface area contributed by atoms with Gasteiger partial charge in [-0.1, -0.05) is 115 Å². The molecule has 9 aromatic carbocycles. The van der Waals surface area contributed by atoms with E-state index in [4.69, 9.17) is 0 Å². The highest BCUT2D eigenvalue weighted by atomic mass is 32.1. The van der Waals surface area contributed by atoms with E-state index >= 15 is 0 Å². The SMILES string of the molecule is c1ccc(N(c2ccccc2)c2ccc3sc4cc(N(c5ccccc5)c5cc(N(c6ccccc6)c6ccccc6)cc6c5sc5ccccc56)ccc4c3c2)cc1. The Kier molecular flexibility index (Phi) is 8.88. The van der Waals surface area contributed by atoms with E-state index in [1.807, 2.05) is 22.7 Å². The van der Waals surface area contributed by atoms with Crippen LogP contribution in [0.4, 0.5) is 51.2 Å². The molecule has 0 saturated carbocycles. The van der Waals surface area contributed by atoms with Crippen LogP contribution in [0.15, 0.2) is 224 Å². The molecule has 0 spiro atoms. The van der Waals surface area contributed by atoms with Crippen molar-refractivity contribution in [3.8, 4) is 0 Å². The molecule has 0 unspecified atom stereocenters. The summed E-state index contributed by atoms with van der Waals surface area (Å²) in [5, 5.41) is 5.02. The molecular weight excluding hydrogens is 755 g/mol. The second kappa shape index (κ2) is 15.0. The summed E-state index contributed by atoms with van der Waals surface area (Å²) in [5.74, 6) is 0. The molecule has 59 heavy (non-hydrogen) atoms. The van der Waals surface area contributed by atoms with Gasteiger partial charge >= 0.3 is 0 Å². The molecule has 0 aliphatic rings. The molecule has 2 aromatic heterocycles. The van der Waals surface area contributed by atoms with E-state index < -0.39 is 0 Å². The third-order valence-corrected chi connectivity index (χ3v) is 13.3. The van der Waals surface area contributed by atoms with Crippen LogP contribution in [0.5, 0.6) is 0 Å². The molecule has 0 fully saturated rings. The lowest BCUT2D eigenvalue weighted by atomic mass is 10.1. The summed E-state index contributed by atoms with van der Waals surface area (Å²) in [6.07, 6.45) is 0. The van der Waals surface area contributed by atoms with Crippen molar-refractivity contribution in [1.29, 1.82) is 0 Å². The van der Waals surface area contributed by atoms with Gasteiger partial charge in [-0.3, -0.25) is 0 Å². The summed E-state index contributed by atoms with van der Waals surface area (Å²) in [5.41, 5.74) is 10.1.